The third kappa shape index (κ3) is 6.68. The number of carbonyl (C=O) groups excluding carboxylic acids is 1. The molecule has 0 aromatic rings. The molecule has 0 bridgehead atoms. The number of carbonyl (C=O) groups is 1. The van der Waals surface area contributed by atoms with Gasteiger partial charge in [0, 0.05) is 18.3 Å². The van der Waals surface area contributed by atoms with E-state index in [1.165, 1.54) is 7.11 Å². The average Bonchev–Trinajstić information content (AvgIpc) is 2.44. The van der Waals surface area contributed by atoms with Crippen molar-refractivity contribution in [2.24, 2.45) is 11.8 Å². The van der Waals surface area contributed by atoms with Gasteiger partial charge in [-0.05, 0) is 24.4 Å². The van der Waals surface area contributed by atoms with Crippen LogP contribution in [-0.2, 0) is 9.53 Å². The van der Waals surface area contributed by atoms with Crippen molar-refractivity contribution in [1.82, 2.24) is 0 Å². The topological polar surface area (TPSA) is 66.8 Å². The molecule has 4 atom stereocenters. The molecule has 0 aliphatic rings. The lowest BCUT2D eigenvalue weighted by atomic mass is 9.85. The lowest BCUT2D eigenvalue weighted by Gasteiger charge is -2.27. The molecular weight excluding hydrogens is 324 g/mol. The van der Waals surface area contributed by atoms with Crippen LogP contribution in [0.15, 0.2) is 22.7 Å². The van der Waals surface area contributed by atoms with Gasteiger partial charge in [0.05, 0.1) is 19.3 Å². The quantitative estimate of drug-likeness (QED) is 0.522. The van der Waals surface area contributed by atoms with E-state index in [-0.39, 0.29) is 17.8 Å². The molecule has 0 saturated heterocycles. The molecular formula is C15H25BrO4. The SMILES string of the molecule is COC(=O)CC/C=C(\C)[C@H](C)[C@@H](O)[C@@H](C)[C@H](O)/C=C\Br. The number of aliphatic hydroxyl groups is 2. The first-order valence-electron chi connectivity index (χ1n) is 6.71. The van der Waals surface area contributed by atoms with Crippen LogP contribution in [0, 0.1) is 11.8 Å². The number of aliphatic hydroxyl groups excluding tert-OH is 2. The Morgan fingerprint density at radius 2 is 1.95 bits per heavy atom. The van der Waals surface area contributed by atoms with Crippen LogP contribution in [-0.4, -0.2) is 35.5 Å². The molecule has 0 fully saturated rings. The molecule has 0 aliphatic carbocycles. The lowest BCUT2D eigenvalue weighted by molar-refractivity contribution is -0.140. The molecule has 0 aromatic heterocycles. The minimum atomic E-state index is -0.699. The van der Waals surface area contributed by atoms with Gasteiger partial charge in [0.1, 0.15) is 0 Å². The number of halogens is 1. The summed E-state index contributed by atoms with van der Waals surface area (Å²) in [6, 6.07) is 0. The molecule has 0 spiro atoms. The van der Waals surface area contributed by atoms with Crippen LogP contribution in [0.5, 0.6) is 0 Å². The Bertz CT molecular complexity index is 352. The maximum atomic E-state index is 11.0. The van der Waals surface area contributed by atoms with E-state index in [2.05, 4.69) is 20.7 Å². The first-order chi connectivity index (χ1) is 9.34. The second-order valence-corrected chi connectivity index (χ2v) is 5.54. The highest BCUT2D eigenvalue weighted by molar-refractivity contribution is 9.11. The Morgan fingerprint density at radius 3 is 2.45 bits per heavy atom. The van der Waals surface area contributed by atoms with E-state index >= 15 is 0 Å². The van der Waals surface area contributed by atoms with Crippen molar-refractivity contribution < 1.29 is 19.7 Å². The Labute approximate surface area is 129 Å². The number of hydrogen-bond donors (Lipinski definition) is 2. The highest BCUT2D eigenvalue weighted by Crippen LogP contribution is 2.23. The highest BCUT2D eigenvalue weighted by Gasteiger charge is 2.26. The summed E-state index contributed by atoms with van der Waals surface area (Å²) in [7, 11) is 1.37. The van der Waals surface area contributed by atoms with Gasteiger partial charge in [0.25, 0.3) is 0 Å². The van der Waals surface area contributed by atoms with Gasteiger partial charge in [0.15, 0.2) is 0 Å². The number of allylic oxidation sites excluding steroid dienone is 1. The molecule has 20 heavy (non-hydrogen) atoms. The second-order valence-electron chi connectivity index (χ2n) is 5.01. The first kappa shape index (κ1) is 19.4. The molecule has 2 N–H and O–H groups in total. The van der Waals surface area contributed by atoms with Gasteiger partial charge in [-0.25, -0.2) is 0 Å². The molecule has 0 amide bonds. The van der Waals surface area contributed by atoms with Crippen LogP contribution in [0.1, 0.15) is 33.6 Å². The second kappa shape index (κ2) is 10.1. The summed E-state index contributed by atoms with van der Waals surface area (Å²) in [4.78, 5) is 12.6. The largest absolute Gasteiger partial charge is 0.469 e. The average molecular weight is 349 g/mol. The van der Waals surface area contributed by atoms with Crippen molar-refractivity contribution in [3.63, 3.8) is 0 Å². The predicted molar refractivity (Wildman–Crippen MR) is 83.4 cm³/mol. The van der Waals surface area contributed by atoms with Crippen LogP contribution in [0.3, 0.4) is 0 Å². The fourth-order valence-corrected chi connectivity index (χ4v) is 2.19. The van der Waals surface area contributed by atoms with E-state index in [0.717, 1.165) is 5.57 Å². The van der Waals surface area contributed by atoms with Gasteiger partial charge in [-0.3, -0.25) is 4.79 Å². The highest BCUT2D eigenvalue weighted by atomic mass is 79.9. The summed E-state index contributed by atoms with van der Waals surface area (Å²) in [6.07, 6.45) is 3.11. The Morgan fingerprint density at radius 1 is 1.35 bits per heavy atom. The van der Waals surface area contributed by atoms with Gasteiger partial charge in [-0.15, -0.1) is 0 Å². The molecule has 0 aromatic carbocycles. The maximum Gasteiger partial charge on any atom is 0.305 e. The predicted octanol–water partition coefficient (Wildman–Crippen LogP) is 2.79. The number of rotatable bonds is 8. The summed E-state index contributed by atoms with van der Waals surface area (Å²) in [5.41, 5.74) is 1.00. The fraction of sp³-hybridized carbons (Fsp3) is 0.667. The minimum Gasteiger partial charge on any atom is -0.469 e. The summed E-state index contributed by atoms with van der Waals surface area (Å²) in [5, 5.41) is 20.1. The molecule has 0 unspecified atom stereocenters. The van der Waals surface area contributed by atoms with Crippen molar-refractivity contribution in [1.29, 1.82) is 0 Å². The van der Waals surface area contributed by atoms with Crippen molar-refractivity contribution in [3.05, 3.63) is 22.7 Å². The van der Waals surface area contributed by atoms with E-state index < -0.39 is 12.2 Å². The van der Waals surface area contributed by atoms with Gasteiger partial charge >= 0.3 is 5.97 Å². The van der Waals surface area contributed by atoms with Crippen LogP contribution >= 0.6 is 15.9 Å². The third-order valence-corrected chi connectivity index (χ3v) is 3.93. The van der Waals surface area contributed by atoms with Gasteiger partial charge in [0.2, 0.25) is 0 Å². The number of ether oxygens (including phenoxy) is 1. The number of methoxy groups -OCH3 is 1. The molecule has 0 saturated carbocycles. The molecule has 0 heterocycles. The van der Waals surface area contributed by atoms with Crippen molar-refractivity contribution in [2.45, 2.75) is 45.8 Å². The Balaban J connectivity index is 4.51. The minimum absolute atomic E-state index is 0.0824. The summed E-state index contributed by atoms with van der Waals surface area (Å²) in [5.74, 6) is -0.600. The van der Waals surface area contributed by atoms with Crippen LogP contribution in [0.2, 0.25) is 0 Å². The Hall–Kier alpha value is -0.650. The van der Waals surface area contributed by atoms with E-state index in [0.29, 0.717) is 12.8 Å². The van der Waals surface area contributed by atoms with Gasteiger partial charge < -0.3 is 14.9 Å². The Kier molecular flexibility index (Phi) is 9.80. The van der Waals surface area contributed by atoms with Crippen LogP contribution < -0.4 is 0 Å². The van der Waals surface area contributed by atoms with Crippen molar-refractivity contribution >= 4 is 21.9 Å². The first-order valence-corrected chi connectivity index (χ1v) is 7.63. The maximum absolute atomic E-state index is 11.0. The summed E-state index contributed by atoms with van der Waals surface area (Å²) < 4.78 is 4.57. The van der Waals surface area contributed by atoms with Crippen molar-refractivity contribution in [3.8, 4) is 0 Å². The molecule has 0 radical (unpaired) electrons. The number of hydrogen-bond acceptors (Lipinski definition) is 4. The van der Waals surface area contributed by atoms with Crippen molar-refractivity contribution in [2.75, 3.05) is 7.11 Å². The lowest BCUT2D eigenvalue weighted by Crippen LogP contribution is -2.33. The van der Waals surface area contributed by atoms with Crippen LogP contribution in [0.4, 0.5) is 0 Å². The monoisotopic (exact) mass is 348 g/mol. The van der Waals surface area contributed by atoms with E-state index in [4.69, 9.17) is 0 Å². The zero-order valence-corrected chi connectivity index (χ0v) is 14.1. The van der Waals surface area contributed by atoms with Gasteiger partial charge in [-0.2, -0.15) is 0 Å². The smallest absolute Gasteiger partial charge is 0.305 e. The molecule has 4 nitrogen and oxygen atoms in total. The molecule has 5 heteroatoms. The normalized spacial score (nSPS) is 18.6. The zero-order valence-electron chi connectivity index (χ0n) is 12.5. The summed E-state index contributed by atoms with van der Waals surface area (Å²) in [6.45, 7) is 5.64. The third-order valence-electron chi connectivity index (χ3n) is 3.62. The summed E-state index contributed by atoms with van der Waals surface area (Å²) >= 11 is 3.11. The molecule has 116 valence electrons. The standard InChI is InChI=1S/C15H25BrO4/c1-10(6-5-7-14(18)20-4)11(2)15(19)12(3)13(17)8-9-16/h6,8-9,11-13,15,17,19H,5,7H2,1-4H3/b9-8-,10-6+/t11-,12-,13+,15+/m0/s1. The number of esters is 1. The fourth-order valence-electron chi connectivity index (χ4n) is 1.88. The van der Waals surface area contributed by atoms with Gasteiger partial charge in [-0.1, -0.05) is 41.4 Å². The molecule has 0 rings (SSSR count). The van der Waals surface area contributed by atoms with E-state index in [9.17, 15) is 15.0 Å². The van der Waals surface area contributed by atoms with Crippen LogP contribution in [0.25, 0.3) is 0 Å². The zero-order chi connectivity index (χ0) is 15.7. The van der Waals surface area contributed by atoms with E-state index in [1.54, 1.807) is 18.0 Å². The molecule has 0 aliphatic heterocycles. The van der Waals surface area contributed by atoms with E-state index in [1.807, 2.05) is 19.9 Å².